The molecule has 0 saturated carbocycles. The van der Waals surface area contributed by atoms with Gasteiger partial charge in [-0.15, -0.1) is 0 Å². The second-order valence-corrected chi connectivity index (χ2v) is 3.47. The van der Waals surface area contributed by atoms with Gasteiger partial charge in [-0.25, -0.2) is 0 Å². The molecule has 0 aliphatic carbocycles. The molecule has 2 rings (SSSR count). The van der Waals surface area contributed by atoms with Gasteiger partial charge in [0.25, 0.3) is 0 Å². The Morgan fingerprint density at radius 2 is 1.76 bits per heavy atom. The fraction of sp³-hybridized carbons (Fsp3) is 0.154. The Bertz CT molecular complexity index is 465. The average Bonchev–Trinajstić information content (AvgIpc) is 2.39. The normalized spacial score (nSPS) is 9.94. The van der Waals surface area contributed by atoms with E-state index in [-0.39, 0.29) is 5.75 Å². The summed E-state index contributed by atoms with van der Waals surface area (Å²) in [5.41, 5.74) is 0.818. The standard InChI is InChI=1S/C13H13NO3/c1-16-13-5-2-10(14-8-13)9-17-12-6-3-11(15)4-7-12/h2-8,15H,9H2,1H3. The third kappa shape index (κ3) is 3.11. The molecule has 17 heavy (non-hydrogen) atoms. The van der Waals surface area contributed by atoms with Crippen molar-refractivity contribution in [2.75, 3.05) is 7.11 Å². The van der Waals surface area contributed by atoms with Gasteiger partial charge in [-0.05, 0) is 36.4 Å². The first kappa shape index (κ1) is 11.3. The molecule has 0 unspecified atom stereocenters. The third-order valence-electron chi connectivity index (χ3n) is 2.26. The first-order chi connectivity index (χ1) is 8.28. The minimum atomic E-state index is 0.222. The highest BCUT2D eigenvalue weighted by Crippen LogP contribution is 2.17. The van der Waals surface area contributed by atoms with E-state index in [0.717, 1.165) is 11.4 Å². The molecule has 0 fully saturated rings. The molecule has 0 amide bonds. The molecule has 0 saturated heterocycles. The molecule has 88 valence electrons. The van der Waals surface area contributed by atoms with E-state index in [2.05, 4.69) is 4.98 Å². The predicted octanol–water partition coefficient (Wildman–Crippen LogP) is 2.37. The maximum absolute atomic E-state index is 9.12. The zero-order valence-corrected chi connectivity index (χ0v) is 9.46. The number of phenols is 1. The van der Waals surface area contributed by atoms with E-state index in [1.807, 2.05) is 12.1 Å². The SMILES string of the molecule is COc1ccc(COc2ccc(O)cc2)nc1. The zero-order chi connectivity index (χ0) is 12.1. The van der Waals surface area contributed by atoms with Crippen LogP contribution in [-0.4, -0.2) is 17.2 Å². The topological polar surface area (TPSA) is 51.6 Å². The lowest BCUT2D eigenvalue weighted by Crippen LogP contribution is -1.98. The Morgan fingerprint density at radius 3 is 2.35 bits per heavy atom. The molecular formula is C13H13NO3. The molecule has 1 aromatic heterocycles. The van der Waals surface area contributed by atoms with Crippen molar-refractivity contribution in [3.63, 3.8) is 0 Å². The summed E-state index contributed by atoms with van der Waals surface area (Å²) in [7, 11) is 1.60. The molecule has 0 aliphatic heterocycles. The van der Waals surface area contributed by atoms with Crippen molar-refractivity contribution in [1.82, 2.24) is 4.98 Å². The van der Waals surface area contributed by atoms with Crippen molar-refractivity contribution in [3.8, 4) is 17.2 Å². The fourth-order valence-corrected chi connectivity index (χ4v) is 1.32. The molecule has 4 heteroatoms. The van der Waals surface area contributed by atoms with Gasteiger partial charge in [-0.2, -0.15) is 0 Å². The summed E-state index contributed by atoms with van der Waals surface area (Å²) in [5.74, 6) is 1.64. The van der Waals surface area contributed by atoms with Gasteiger partial charge in [0, 0.05) is 0 Å². The highest BCUT2D eigenvalue weighted by molar-refractivity contribution is 5.30. The lowest BCUT2D eigenvalue weighted by molar-refractivity contribution is 0.300. The van der Waals surface area contributed by atoms with Crippen molar-refractivity contribution >= 4 is 0 Å². The van der Waals surface area contributed by atoms with Crippen molar-refractivity contribution in [3.05, 3.63) is 48.3 Å². The Hall–Kier alpha value is -2.23. The van der Waals surface area contributed by atoms with Crippen molar-refractivity contribution in [1.29, 1.82) is 0 Å². The molecule has 0 aliphatic rings. The minimum absolute atomic E-state index is 0.222. The monoisotopic (exact) mass is 231 g/mol. The molecule has 1 N–H and O–H groups in total. The number of benzene rings is 1. The molecule has 0 spiro atoms. The van der Waals surface area contributed by atoms with Gasteiger partial charge in [0.2, 0.25) is 0 Å². The molecule has 0 radical (unpaired) electrons. The number of hydrogen-bond donors (Lipinski definition) is 1. The van der Waals surface area contributed by atoms with Crippen LogP contribution in [0.2, 0.25) is 0 Å². The van der Waals surface area contributed by atoms with Crippen LogP contribution in [-0.2, 0) is 6.61 Å². The van der Waals surface area contributed by atoms with Gasteiger partial charge in [-0.1, -0.05) is 0 Å². The van der Waals surface area contributed by atoms with Crippen LogP contribution in [0, 0.1) is 0 Å². The number of pyridine rings is 1. The van der Waals surface area contributed by atoms with E-state index in [1.165, 1.54) is 0 Å². The number of phenolic OH excluding ortho intramolecular Hbond substituents is 1. The van der Waals surface area contributed by atoms with Crippen LogP contribution in [0.5, 0.6) is 17.2 Å². The number of nitrogens with zero attached hydrogens (tertiary/aromatic N) is 1. The van der Waals surface area contributed by atoms with E-state index >= 15 is 0 Å². The quantitative estimate of drug-likeness (QED) is 0.877. The summed E-state index contributed by atoms with van der Waals surface area (Å²) in [4.78, 5) is 4.18. The van der Waals surface area contributed by atoms with Crippen LogP contribution < -0.4 is 9.47 Å². The average molecular weight is 231 g/mol. The van der Waals surface area contributed by atoms with Gasteiger partial charge >= 0.3 is 0 Å². The van der Waals surface area contributed by atoms with Crippen molar-refractivity contribution in [2.24, 2.45) is 0 Å². The van der Waals surface area contributed by atoms with Crippen LogP contribution in [0.15, 0.2) is 42.6 Å². The number of aromatic hydroxyl groups is 1. The summed E-state index contributed by atoms with van der Waals surface area (Å²) >= 11 is 0. The van der Waals surface area contributed by atoms with E-state index in [1.54, 1.807) is 37.6 Å². The second-order valence-electron chi connectivity index (χ2n) is 3.47. The van der Waals surface area contributed by atoms with E-state index in [0.29, 0.717) is 12.4 Å². The Labute approximate surface area is 99.5 Å². The number of methoxy groups -OCH3 is 1. The van der Waals surface area contributed by atoms with Crippen LogP contribution in [0.25, 0.3) is 0 Å². The Kier molecular flexibility index (Phi) is 3.45. The Balaban J connectivity index is 1.95. The van der Waals surface area contributed by atoms with E-state index in [9.17, 15) is 0 Å². The lowest BCUT2D eigenvalue weighted by atomic mass is 10.3. The van der Waals surface area contributed by atoms with Crippen molar-refractivity contribution in [2.45, 2.75) is 6.61 Å². The lowest BCUT2D eigenvalue weighted by Gasteiger charge is -2.06. The summed E-state index contributed by atoms with van der Waals surface area (Å²) in [6.07, 6.45) is 1.65. The Morgan fingerprint density at radius 1 is 1.06 bits per heavy atom. The van der Waals surface area contributed by atoms with Crippen molar-refractivity contribution < 1.29 is 14.6 Å². The number of hydrogen-bond acceptors (Lipinski definition) is 4. The largest absolute Gasteiger partial charge is 0.508 e. The zero-order valence-electron chi connectivity index (χ0n) is 9.46. The van der Waals surface area contributed by atoms with Gasteiger partial charge < -0.3 is 14.6 Å². The summed E-state index contributed by atoms with van der Waals surface area (Å²) in [5, 5.41) is 9.12. The summed E-state index contributed by atoms with van der Waals surface area (Å²) in [6, 6.07) is 10.3. The van der Waals surface area contributed by atoms with E-state index < -0.39 is 0 Å². The highest BCUT2D eigenvalue weighted by atomic mass is 16.5. The molecule has 1 aromatic carbocycles. The number of aromatic nitrogens is 1. The first-order valence-electron chi connectivity index (χ1n) is 5.18. The summed E-state index contributed by atoms with van der Waals surface area (Å²) in [6.45, 7) is 0.384. The smallest absolute Gasteiger partial charge is 0.137 e. The molecule has 0 atom stereocenters. The number of ether oxygens (including phenoxy) is 2. The van der Waals surface area contributed by atoms with Crippen LogP contribution in [0.4, 0.5) is 0 Å². The second kappa shape index (κ2) is 5.21. The summed E-state index contributed by atoms with van der Waals surface area (Å²) < 4.78 is 10.5. The van der Waals surface area contributed by atoms with Gasteiger partial charge in [0.1, 0.15) is 23.9 Å². The fourth-order valence-electron chi connectivity index (χ4n) is 1.32. The highest BCUT2D eigenvalue weighted by Gasteiger charge is 1.98. The van der Waals surface area contributed by atoms with Gasteiger partial charge in [0.15, 0.2) is 0 Å². The van der Waals surface area contributed by atoms with Crippen LogP contribution in [0.3, 0.4) is 0 Å². The van der Waals surface area contributed by atoms with Crippen LogP contribution in [0.1, 0.15) is 5.69 Å². The van der Waals surface area contributed by atoms with Gasteiger partial charge in [0.05, 0.1) is 19.0 Å². The molecule has 0 bridgehead atoms. The molecule has 1 heterocycles. The molecule has 4 nitrogen and oxygen atoms in total. The third-order valence-corrected chi connectivity index (χ3v) is 2.26. The predicted molar refractivity (Wildman–Crippen MR) is 63.2 cm³/mol. The van der Waals surface area contributed by atoms with E-state index in [4.69, 9.17) is 14.6 Å². The van der Waals surface area contributed by atoms with Crippen LogP contribution >= 0.6 is 0 Å². The maximum atomic E-state index is 9.12. The molecule has 2 aromatic rings. The maximum Gasteiger partial charge on any atom is 0.137 e. The molecular weight excluding hydrogens is 218 g/mol. The number of rotatable bonds is 4. The van der Waals surface area contributed by atoms with Gasteiger partial charge in [-0.3, -0.25) is 4.98 Å². The minimum Gasteiger partial charge on any atom is -0.508 e. The first-order valence-corrected chi connectivity index (χ1v) is 5.18.